The van der Waals surface area contributed by atoms with Gasteiger partial charge in [0, 0.05) is 27.6 Å². The van der Waals surface area contributed by atoms with Gasteiger partial charge in [-0.3, -0.25) is 0 Å². The smallest absolute Gasteiger partial charge is 0.202 e. The minimum Gasteiger partial charge on any atom is -0.328 e. The molecule has 6 heteroatoms. The van der Waals surface area contributed by atoms with E-state index in [1.54, 1.807) is 0 Å². The first-order valence-electron chi connectivity index (χ1n) is 14.4. The SMILES string of the molecule is CP(C)C.CP(C)C.[Pt].c1ccc(CN([Si](c2ccccc2)c2ccccc2)[Si](c2ccccc2)c2ccccc2)cc1. The second kappa shape index (κ2) is 20.9. The van der Waals surface area contributed by atoms with Gasteiger partial charge in [0.15, 0.2) is 0 Å². The van der Waals surface area contributed by atoms with Crippen molar-refractivity contribution in [3.05, 3.63) is 157 Å². The van der Waals surface area contributed by atoms with Crippen LogP contribution in [0.15, 0.2) is 152 Å². The van der Waals surface area contributed by atoms with Gasteiger partial charge in [-0.2, -0.15) is 0 Å². The second-order valence-electron chi connectivity index (χ2n) is 10.9. The molecule has 0 N–H and O–H groups in total. The van der Waals surface area contributed by atoms with Crippen molar-refractivity contribution in [1.82, 2.24) is 4.23 Å². The van der Waals surface area contributed by atoms with Crippen LogP contribution in [0.25, 0.3) is 0 Å². The molecule has 0 aliphatic heterocycles. The summed E-state index contributed by atoms with van der Waals surface area (Å²) in [5.41, 5.74) is 1.35. The fourth-order valence-electron chi connectivity index (χ4n) is 4.38. The Hall–Kier alpha value is -1.96. The Morgan fingerprint density at radius 2 is 0.605 bits per heavy atom. The fourth-order valence-corrected chi connectivity index (χ4v) is 11.4. The molecule has 2 radical (unpaired) electrons. The maximum atomic E-state index is 2.85. The number of hydrogen-bond donors (Lipinski definition) is 0. The Balaban J connectivity index is 0.000000642. The third-order valence-corrected chi connectivity index (χ3v) is 12.2. The zero-order valence-corrected chi connectivity index (χ0v) is 32.4. The zero-order chi connectivity index (χ0) is 30.2. The van der Waals surface area contributed by atoms with E-state index in [1.807, 2.05) is 0 Å². The summed E-state index contributed by atoms with van der Waals surface area (Å²) < 4.78 is 2.85. The van der Waals surface area contributed by atoms with Crippen LogP contribution < -0.4 is 20.7 Å². The van der Waals surface area contributed by atoms with Crippen LogP contribution in [-0.4, -0.2) is 62.1 Å². The van der Waals surface area contributed by atoms with Gasteiger partial charge in [0.2, 0.25) is 17.9 Å². The number of hydrogen-bond acceptors (Lipinski definition) is 1. The molecular formula is C37H45NP2PtSi2. The molecule has 0 saturated heterocycles. The van der Waals surface area contributed by atoms with Crippen LogP contribution in [0.2, 0.25) is 0 Å². The molecule has 0 amide bonds. The van der Waals surface area contributed by atoms with Gasteiger partial charge in [0.25, 0.3) is 0 Å². The van der Waals surface area contributed by atoms with Gasteiger partial charge in [-0.05, 0) is 66.3 Å². The Kier molecular flexibility index (Phi) is 18.1. The number of rotatable bonds is 8. The normalized spacial score (nSPS) is 10.6. The molecular weight excluding hydrogens is 772 g/mol. The third-order valence-electron chi connectivity index (χ3n) is 5.91. The third kappa shape index (κ3) is 13.3. The van der Waals surface area contributed by atoms with E-state index in [0.29, 0.717) is 15.8 Å². The van der Waals surface area contributed by atoms with Crippen LogP contribution in [-0.2, 0) is 27.6 Å². The molecule has 0 aliphatic rings. The minimum absolute atomic E-state index is 0. The first-order chi connectivity index (χ1) is 20.4. The minimum atomic E-state index is -1.25. The maximum absolute atomic E-state index is 2.85. The molecule has 0 aliphatic carbocycles. The van der Waals surface area contributed by atoms with Crippen LogP contribution in [0.5, 0.6) is 0 Å². The molecule has 226 valence electrons. The molecule has 43 heavy (non-hydrogen) atoms. The molecule has 1 nitrogen and oxygen atoms in total. The van der Waals surface area contributed by atoms with Gasteiger partial charge in [0.05, 0.1) is 0 Å². The van der Waals surface area contributed by atoms with Crippen LogP contribution in [0.1, 0.15) is 5.56 Å². The average molecular weight is 817 g/mol. The van der Waals surface area contributed by atoms with Crippen LogP contribution in [0, 0.1) is 0 Å². The average Bonchev–Trinajstić information content (AvgIpc) is 3.00. The maximum Gasteiger partial charge on any atom is 0.202 e. The van der Waals surface area contributed by atoms with Crippen molar-refractivity contribution in [2.45, 2.75) is 6.54 Å². The molecule has 5 aromatic carbocycles. The number of nitrogens with zero attached hydrogens (tertiary/aromatic N) is 1. The number of benzene rings is 5. The molecule has 5 aromatic rings. The molecule has 0 aromatic heterocycles. The standard InChI is InChI=1S/C31H27NSi2.2C3H9P.Pt/c1-6-16-27(17-7-1)26-32(33(28-18-8-2-9-19-28)29-20-10-3-11-21-29)34(30-22-12-4-13-23-30)31-24-14-5-15-25-31;2*1-4(2)3;/h1-25H,26H2;2*1-3H3;. The second-order valence-corrected chi connectivity index (χ2v) is 21.5. The molecule has 0 unspecified atom stereocenters. The predicted molar refractivity (Wildman–Crippen MR) is 197 cm³/mol. The first-order valence-corrected chi connectivity index (χ1v) is 22.6. The quantitative estimate of drug-likeness (QED) is 0.123. The van der Waals surface area contributed by atoms with E-state index in [2.05, 4.69) is 196 Å². The summed E-state index contributed by atoms with van der Waals surface area (Å²) in [5, 5.41) is 5.68. The fraction of sp³-hybridized carbons (Fsp3) is 0.189. The van der Waals surface area contributed by atoms with Crippen LogP contribution in [0.3, 0.4) is 0 Å². The van der Waals surface area contributed by atoms with Crippen molar-refractivity contribution in [3.63, 3.8) is 0 Å². The summed E-state index contributed by atoms with van der Waals surface area (Å²) >= 11 is 0. The van der Waals surface area contributed by atoms with Crippen molar-refractivity contribution < 1.29 is 21.1 Å². The summed E-state index contributed by atoms with van der Waals surface area (Å²) in [4.78, 5) is 0. The van der Waals surface area contributed by atoms with Gasteiger partial charge in [-0.15, -0.1) is 15.8 Å². The van der Waals surface area contributed by atoms with E-state index in [0.717, 1.165) is 6.54 Å². The van der Waals surface area contributed by atoms with Crippen molar-refractivity contribution in [2.75, 3.05) is 40.0 Å². The van der Waals surface area contributed by atoms with Gasteiger partial charge in [0.1, 0.15) is 0 Å². The summed E-state index contributed by atoms with van der Waals surface area (Å²) in [7, 11) is -1.74. The van der Waals surface area contributed by atoms with Crippen molar-refractivity contribution in [1.29, 1.82) is 0 Å². The molecule has 0 bridgehead atoms. The van der Waals surface area contributed by atoms with Crippen molar-refractivity contribution in [2.24, 2.45) is 0 Å². The van der Waals surface area contributed by atoms with E-state index < -0.39 is 17.9 Å². The topological polar surface area (TPSA) is 3.24 Å². The Morgan fingerprint density at radius 1 is 0.395 bits per heavy atom. The first kappa shape index (κ1) is 37.2. The Labute approximate surface area is 281 Å². The summed E-state index contributed by atoms with van der Waals surface area (Å²) in [5.74, 6) is 0. The molecule has 0 heterocycles. The molecule has 0 spiro atoms. The van der Waals surface area contributed by atoms with Crippen molar-refractivity contribution in [3.8, 4) is 0 Å². The van der Waals surface area contributed by atoms with Crippen LogP contribution in [0.4, 0.5) is 0 Å². The van der Waals surface area contributed by atoms with E-state index in [9.17, 15) is 0 Å². The van der Waals surface area contributed by atoms with Gasteiger partial charge < -0.3 is 4.23 Å². The molecule has 0 fully saturated rings. The van der Waals surface area contributed by atoms with Gasteiger partial charge in [-0.25, -0.2) is 0 Å². The van der Waals surface area contributed by atoms with E-state index in [4.69, 9.17) is 0 Å². The Morgan fingerprint density at radius 3 is 0.837 bits per heavy atom. The zero-order valence-electron chi connectivity index (χ0n) is 26.3. The monoisotopic (exact) mass is 816 g/mol. The van der Waals surface area contributed by atoms with E-state index in [-0.39, 0.29) is 21.1 Å². The van der Waals surface area contributed by atoms with Gasteiger partial charge in [-0.1, -0.05) is 152 Å². The predicted octanol–water partition coefficient (Wildman–Crippen LogP) is 6.81. The summed E-state index contributed by atoms with van der Waals surface area (Å²) in [6, 6.07) is 55.4. The van der Waals surface area contributed by atoms with Crippen LogP contribution >= 0.6 is 15.8 Å². The molecule has 5 rings (SSSR count). The summed E-state index contributed by atoms with van der Waals surface area (Å²) in [6.07, 6.45) is 0. The largest absolute Gasteiger partial charge is 0.328 e. The van der Waals surface area contributed by atoms with E-state index in [1.165, 1.54) is 26.3 Å². The molecule has 0 saturated carbocycles. The Bertz CT molecular complexity index is 1200. The van der Waals surface area contributed by atoms with E-state index >= 15 is 0 Å². The summed E-state index contributed by atoms with van der Waals surface area (Å²) in [6.45, 7) is 14.3. The molecule has 0 atom stereocenters. The van der Waals surface area contributed by atoms with Crippen molar-refractivity contribution >= 4 is 54.5 Å². The van der Waals surface area contributed by atoms with Gasteiger partial charge >= 0.3 is 0 Å².